The molecule has 1 aromatic carbocycles. The molecule has 0 unspecified atom stereocenters. The Hall–Kier alpha value is -2.93. The fourth-order valence-corrected chi connectivity index (χ4v) is 3.04. The number of piperazine rings is 1. The van der Waals surface area contributed by atoms with Gasteiger partial charge in [-0.2, -0.15) is 0 Å². The summed E-state index contributed by atoms with van der Waals surface area (Å²) in [6.45, 7) is 8.55. The Labute approximate surface area is 166 Å². The molecule has 0 saturated carbocycles. The molecule has 0 atom stereocenters. The van der Waals surface area contributed by atoms with Gasteiger partial charge in [0.05, 0.1) is 0 Å². The molecule has 0 radical (unpaired) electrons. The summed E-state index contributed by atoms with van der Waals surface area (Å²) >= 11 is 0. The molecule has 1 aromatic heterocycles. The molecule has 1 aliphatic heterocycles. The predicted octanol–water partition coefficient (Wildman–Crippen LogP) is 2.84. The molecule has 2 N–H and O–H groups in total. The van der Waals surface area contributed by atoms with Gasteiger partial charge in [0.15, 0.2) is 11.6 Å². The first-order chi connectivity index (χ1) is 13.6. The molecule has 1 saturated heterocycles. The molecule has 7 heteroatoms. The number of carbonyl (C=O) groups is 1. The fraction of sp³-hybridized carbons (Fsp3) is 0.381. The minimum Gasteiger partial charge on any atom is -0.353 e. The summed E-state index contributed by atoms with van der Waals surface area (Å²) in [5, 5.41) is 13.8. The van der Waals surface area contributed by atoms with Crippen LogP contribution in [0.1, 0.15) is 19.4 Å². The summed E-state index contributed by atoms with van der Waals surface area (Å²) in [6, 6.07) is 13.9. The van der Waals surface area contributed by atoms with Crippen molar-refractivity contribution in [2.75, 3.05) is 42.9 Å². The molecule has 3 rings (SSSR count). The first-order valence-corrected chi connectivity index (χ1v) is 9.70. The molecule has 2 heterocycles. The van der Waals surface area contributed by atoms with Crippen LogP contribution in [0.15, 0.2) is 48.5 Å². The number of benzene rings is 1. The van der Waals surface area contributed by atoms with Crippen LogP contribution < -0.4 is 15.5 Å². The van der Waals surface area contributed by atoms with Crippen molar-refractivity contribution in [3.8, 4) is 0 Å². The molecule has 7 nitrogen and oxygen atoms in total. The second-order valence-corrected chi connectivity index (χ2v) is 7.13. The lowest BCUT2D eigenvalue weighted by Crippen LogP contribution is -2.46. The smallest absolute Gasteiger partial charge is 0.320 e. The topological polar surface area (TPSA) is 73.4 Å². The largest absolute Gasteiger partial charge is 0.353 e. The lowest BCUT2D eigenvalue weighted by Gasteiger charge is -2.34. The molecule has 2 aromatic rings. The number of hydrogen-bond acceptors (Lipinski definition) is 5. The van der Waals surface area contributed by atoms with E-state index in [9.17, 15) is 4.79 Å². The van der Waals surface area contributed by atoms with Gasteiger partial charge in [0.1, 0.15) is 0 Å². The van der Waals surface area contributed by atoms with Gasteiger partial charge in [0, 0.05) is 38.8 Å². The van der Waals surface area contributed by atoms with Crippen molar-refractivity contribution in [2.45, 2.75) is 19.9 Å². The van der Waals surface area contributed by atoms with Crippen LogP contribution in [0.5, 0.6) is 0 Å². The minimum atomic E-state index is -0.269. The van der Waals surface area contributed by atoms with Crippen LogP contribution in [0.2, 0.25) is 0 Å². The standard InChI is InChI=1S/C21H28N6O/c1-17(2)22-21(28)23-19-10-11-20(25-24-19)27-15-13-26(14-16-27)12-6-9-18-7-4-3-5-8-18/h3-11,17H,12-16H2,1-2H3,(H2,22,23,24,28)/b9-6+. The Morgan fingerprint density at radius 1 is 1.07 bits per heavy atom. The highest BCUT2D eigenvalue weighted by Crippen LogP contribution is 2.14. The molecule has 28 heavy (non-hydrogen) atoms. The predicted molar refractivity (Wildman–Crippen MR) is 113 cm³/mol. The summed E-state index contributed by atoms with van der Waals surface area (Å²) in [5.41, 5.74) is 1.23. The van der Waals surface area contributed by atoms with Gasteiger partial charge in [-0.3, -0.25) is 10.2 Å². The summed E-state index contributed by atoms with van der Waals surface area (Å²) in [5.74, 6) is 1.29. The fourth-order valence-electron chi connectivity index (χ4n) is 3.04. The monoisotopic (exact) mass is 380 g/mol. The van der Waals surface area contributed by atoms with Crippen molar-refractivity contribution in [2.24, 2.45) is 0 Å². The Bertz CT molecular complexity index is 767. The lowest BCUT2D eigenvalue weighted by molar-refractivity contribution is 0.250. The molecule has 1 aliphatic rings. The van der Waals surface area contributed by atoms with E-state index >= 15 is 0 Å². The van der Waals surface area contributed by atoms with Gasteiger partial charge in [-0.15, -0.1) is 10.2 Å². The zero-order chi connectivity index (χ0) is 19.8. The van der Waals surface area contributed by atoms with Crippen molar-refractivity contribution in [1.82, 2.24) is 20.4 Å². The summed E-state index contributed by atoms with van der Waals surface area (Å²) < 4.78 is 0. The van der Waals surface area contributed by atoms with Crippen LogP contribution in [-0.4, -0.2) is 59.9 Å². The van der Waals surface area contributed by atoms with Gasteiger partial charge in [-0.1, -0.05) is 42.5 Å². The van der Waals surface area contributed by atoms with Crippen molar-refractivity contribution in [3.05, 3.63) is 54.1 Å². The Balaban J connectivity index is 1.44. The van der Waals surface area contributed by atoms with Gasteiger partial charge < -0.3 is 10.2 Å². The normalized spacial score (nSPS) is 15.2. The molecular weight excluding hydrogens is 352 g/mol. The van der Waals surface area contributed by atoms with Crippen molar-refractivity contribution in [1.29, 1.82) is 0 Å². The van der Waals surface area contributed by atoms with Gasteiger partial charge in [-0.05, 0) is 31.5 Å². The Kier molecular flexibility index (Phi) is 6.97. The average Bonchev–Trinajstić information content (AvgIpc) is 2.69. The molecule has 148 valence electrons. The van der Waals surface area contributed by atoms with Crippen LogP contribution in [-0.2, 0) is 0 Å². The maximum atomic E-state index is 11.7. The van der Waals surface area contributed by atoms with Gasteiger partial charge in [0.25, 0.3) is 0 Å². The molecule has 1 fully saturated rings. The average molecular weight is 380 g/mol. The first-order valence-electron chi connectivity index (χ1n) is 9.70. The van der Waals surface area contributed by atoms with Crippen molar-refractivity contribution in [3.63, 3.8) is 0 Å². The van der Waals surface area contributed by atoms with Crippen LogP contribution >= 0.6 is 0 Å². The van der Waals surface area contributed by atoms with E-state index in [0.29, 0.717) is 5.82 Å². The van der Waals surface area contributed by atoms with Crippen LogP contribution in [0.25, 0.3) is 6.08 Å². The van der Waals surface area contributed by atoms with Crippen LogP contribution in [0.4, 0.5) is 16.4 Å². The third kappa shape index (κ3) is 6.06. The number of carbonyl (C=O) groups excluding carboxylic acids is 1. The Morgan fingerprint density at radius 3 is 2.46 bits per heavy atom. The highest BCUT2D eigenvalue weighted by atomic mass is 16.2. The van der Waals surface area contributed by atoms with Gasteiger partial charge in [-0.25, -0.2) is 4.79 Å². The molecule has 0 aliphatic carbocycles. The van der Waals surface area contributed by atoms with E-state index in [0.717, 1.165) is 38.5 Å². The van der Waals surface area contributed by atoms with E-state index < -0.39 is 0 Å². The first kappa shape index (κ1) is 19.8. The van der Waals surface area contributed by atoms with E-state index in [-0.39, 0.29) is 12.1 Å². The zero-order valence-corrected chi connectivity index (χ0v) is 16.5. The van der Waals surface area contributed by atoms with Crippen molar-refractivity contribution >= 4 is 23.7 Å². The van der Waals surface area contributed by atoms with E-state index in [1.807, 2.05) is 26.0 Å². The molecular formula is C21H28N6O. The lowest BCUT2D eigenvalue weighted by atomic mass is 10.2. The minimum absolute atomic E-state index is 0.0751. The number of nitrogens with zero attached hydrogens (tertiary/aromatic N) is 4. The number of nitrogens with one attached hydrogen (secondary N) is 2. The number of rotatable bonds is 6. The Morgan fingerprint density at radius 2 is 1.82 bits per heavy atom. The second-order valence-electron chi connectivity index (χ2n) is 7.13. The third-order valence-electron chi connectivity index (χ3n) is 4.48. The second kappa shape index (κ2) is 9.85. The van der Waals surface area contributed by atoms with E-state index in [1.54, 1.807) is 6.07 Å². The van der Waals surface area contributed by atoms with E-state index in [1.165, 1.54) is 5.56 Å². The highest BCUT2D eigenvalue weighted by Gasteiger charge is 2.17. The number of aromatic nitrogens is 2. The summed E-state index contributed by atoms with van der Waals surface area (Å²) in [6.07, 6.45) is 4.38. The molecule has 0 spiro atoms. The quantitative estimate of drug-likeness (QED) is 0.806. The maximum Gasteiger partial charge on any atom is 0.320 e. The zero-order valence-electron chi connectivity index (χ0n) is 16.5. The van der Waals surface area contributed by atoms with Crippen molar-refractivity contribution < 1.29 is 4.79 Å². The van der Waals surface area contributed by atoms with Crippen LogP contribution in [0, 0.1) is 0 Å². The number of anilines is 2. The molecule has 2 amide bonds. The number of amides is 2. The van der Waals surface area contributed by atoms with Crippen LogP contribution in [0.3, 0.4) is 0 Å². The highest BCUT2D eigenvalue weighted by molar-refractivity contribution is 5.88. The third-order valence-corrected chi connectivity index (χ3v) is 4.48. The molecule has 0 bridgehead atoms. The summed E-state index contributed by atoms with van der Waals surface area (Å²) in [7, 11) is 0. The van der Waals surface area contributed by atoms with Gasteiger partial charge >= 0.3 is 6.03 Å². The van der Waals surface area contributed by atoms with E-state index in [4.69, 9.17) is 0 Å². The van der Waals surface area contributed by atoms with E-state index in [2.05, 4.69) is 67.0 Å². The number of urea groups is 1. The van der Waals surface area contributed by atoms with Gasteiger partial charge in [0.2, 0.25) is 0 Å². The number of hydrogen-bond donors (Lipinski definition) is 2. The maximum absolute atomic E-state index is 11.7. The SMILES string of the molecule is CC(C)NC(=O)Nc1ccc(N2CCN(C/C=C/c3ccccc3)CC2)nn1. The summed E-state index contributed by atoms with van der Waals surface area (Å²) in [4.78, 5) is 16.4.